The summed E-state index contributed by atoms with van der Waals surface area (Å²) in [6, 6.07) is 10.7. The van der Waals surface area contributed by atoms with Gasteiger partial charge in [-0.2, -0.15) is 0 Å². The van der Waals surface area contributed by atoms with Crippen molar-refractivity contribution in [2.75, 3.05) is 12.3 Å². The third-order valence-corrected chi connectivity index (χ3v) is 5.66. The Morgan fingerprint density at radius 3 is 2.34 bits per heavy atom. The molecule has 0 fully saturated rings. The lowest BCUT2D eigenvalue weighted by Gasteiger charge is -2.13. The summed E-state index contributed by atoms with van der Waals surface area (Å²) in [7, 11) is 0. The van der Waals surface area contributed by atoms with Crippen molar-refractivity contribution in [3.05, 3.63) is 72.6 Å². The fourth-order valence-corrected chi connectivity index (χ4v) is 4.10. The summed E-state index contributed by atoms with van der Waals surface area (Å²) < 4.78 is 2.00. The number of hydrogen-bond donors (Lipinski definition) is 0. The van der Waals surface area contributed by atoms with Gasteiger partial charge in [0.1, 0.15) is 0 Å². The zero-order chi connectivity index (χ0) is 20.2. The number of imide groups is 1. The number of carbonyl (C=O) groups excluding carboxylic acids is 2. The first kappa shape index (κ1) is 19.1. The summed E-state index contributed by atoms with van der Waals surface area (Å²) >= 11 is 1.55. The molecule has 0 saturated carbocycles. The van der Waals surface area contributed by atoms with Gasteiger partial charge in [0.05, 0.1) is 11.1 Å². The van der Waals surface area contributed by atoms with Crippen LogP contribution < -0.4 is 0 Å². The second-order valence-electron chi connectivity index (χ2n) is 6.45. The first-order valence-electron chi connectivity index (χ1n) is 9.23. The number of allylic oxidation sites excluding steroid dienone is 1. The van der Waals surface area contributed by atoms with Crippen LogP contribution in [-0.4, -0.2) is 48.8 Å². The molecule has 7 nitrogen and oxygen atoms in total. The number of rotatable bonds is 8. The van der Waals surface area contributed by atoms with E-state index in [0.717, 1.165) is 16.5 Å². The maximum atomic E-state index is 12.4. The quantitative estimate of drug-likeness (QED) is 0.248. The predicted molar refractivity (Wildman–Crippen MR) is 111 cm³/mol. The van der Waals surface area contributed by atoms with Crippen molar-refractivity contribution in [2.24, 2.45) is 0 Å². The van der Waals surface area contributed by atoms with E-state index in [1.54, 1.807) is 54.5 Å². The Balaban J connectivity index is 1.39. The molecule has 0 atom stereocenters. The third-order valence-electron chi connectivity index (χ3n) is 4.60. The van der Waals surface area contributed by atoms with Crippen LogP contribution in [0, 0.1) is 0 Å². The van der Waals surface area contributed by atoms with Crippen LogP contribution in [0.2, 0.25) is 0 Å². The van der Waals surface area contributed by atoms with Gasteiger partial charge in [0, 0.05) is 36.8 Å². The summed E-state index contributed by atoms with van der Waals surface area (Å²) in [5, 5.41) is 9.39. The average molecular weight is 405 g/mol. The van der Waals surface area contributed by atoms with Crippen LogP contribution in [0.15, 0.2) is 66.6 Å². The van der Waals surface area contributed by atoms with Gasteiger partial charge in [-0.1, -0.05) is 30.0 Å². The normalized spacial score (nSPS) is 13.0. The topological polar surface area (TPSA) is 81.0 Å². The smallest absolute Gasteiger partial charge is 0.261 e. The van der Waals surface area contributed by atoms with Crippen LogP contribution in [0.3, 0.4) is 0 Å². The molecule has 146 valence electrons. The van der Waals surface area contributed by atoms with E-state index in [1.807, 2.05) is 16.7 Å². The molecule has 0 saturated heterocycles. The van der Waals surface area contributed by atoms with Gasteiger partial charge in [-0.25, -0.2) is 0 Å². The summed E-state index contributed by atoms with van der Waals surface area (Å²) in [4.78, 5) is 30.2. The molecule has 0 unspecified atom stereocenters. The lowest BCUT2D eigenvalue weighted by molar-refractivity contribution is 0.0655. The molecule has 2 aromatic heterocycles. The predicted octanol–water partition coefficient (Wildman–Crippen LogP) is 3.30. The molecule has 0 bridgehead atoms. The minimum Gasteiger partial charge on any atom is -0.298 e. The highest BCUT2D eigenvalue weighted by Gasteiger charge is 2.34. The van der Waals surface area contributed by atoms with E-state index < -0.39 is 0 Å². The highest BCUT2D eigenvalue weighted by atomic mass is 32.2. The van der Waals surface area contributed by atoms with Gasteiger partial charge < -0.3 is 0 Å². The molecule has 0 aliphatic carbocycles. The zero-order valence-corrected chi connectivity index (χ0v) is 16.5. The largest absolute Gasteiger partial charge is 0.298 e. The Kier molecular flexibility index (Phi) is 5.53. The fourth-order valence-electron chi connectivity index (χ4n) is 3.23. The summed E-state index contributed by atoms with van der Waals surface area (Å²) in [6.45, 7) is 4.79. The summed E-state index contributed by atoms with van der Waals surface area (Å²) in [5.74, 6) is 1.03. The number of pyridine rings is 1. The molecule has 0 N–H and O–H groups in total. The zero-order valence-electron chi connectivity index (χ0n) is 15.7. The highest BCUT2D eigenvalue weighted by molar-refractivity contribution is 7.99. The number of fused-ring (bicyclic) bond motifs is 1. The van der Waals surface area contributed by atoms with Gasteiger partial charge in [0.2, 0.25) is 0 Å². The van der Waals surface area contributed by atoms with Gasteiger partial charge in [0.15, 0.2) is 11.0 Å². The number of amides is 2. The molecule has 0 spiro atoms. The van der Waals surface area contributed by atoms with E-state index in [-0.39, 0.29) is 11.8 Å². The van der Waals surface area contributed by atoms with E-state index in [1.165, 1.54) is 4.90 Å². The van der Waals surface area contributed by atoms with E-state index >= 15 is 0 Å². The first-order valence-corrected chi connectivity index (χ1v) is 10.2. The van der Waals surface area contributed by atoms with Gasteiger partial charge in [-0.15, -0.1) is 16.8 Å². The second kappa shape index (κ2) is 8.40. The standard InChI is InChI=1S/C21H19N5O2S/c1-2-12-25-18(15-8-10-22-11-9-15)23-24-21(25)29-14-5-13-26-19(27)16-6-3-4-7-17(16)20(26)28/h2-4,6-11H,1,5,12-14H2. The Labute approximate surface area is 172 Å². The molecular formula is C21H19N5O2S. The molecule has 3 aromatic rings. The minimum atomic E-state index is -0.217. The third kappa shape index (κ3) is 3.71. The monoisotopic (exact) mass is 405 g/mol. The molecule has 1 aliphatic heterocycles. The lowest BCUT2D eigenvalue weighted by atomic mass is 10.1. The molecule has 3 heterocycles. The summed E-state index contributed by atoms with van der Waals surface area (Å²) in [5.41, 5.74) is 1.91. The van der Waals surface area contributed by atoms with Crippen LogP contribution in [0.1, 0.15) is 27.1 Å². The van der Waals surface area contributed by atoms with Crippen molar-refractivity contribution in [2.45, 2.75) is 18.1 Å². The molecular weight excluding hydrogens is 386 g/mol. The molecule has 2 amide bonds. The van der Waals surface area contributed by atoms with Gasteiger partial charge in [-0.05, 0) is 30.7 Å². The molecule has 0 radical (unpaired) electrons. The van der Waals surface area contributed by atoms with Crippen molar-refractivity contribution in [3.63, 3.8) is 0 Å². The van der Waals surface area contributed by atoms with Crippen LogP contribution in [0.25, 0.3) is 11.4 Å². The molecule has 8 heteroatoms. The van der Waals surface area contributed by atoms with E-state index in [4.69, 9.17) is 0 Å². The SMILES string of the molecule is C=CCn1c(SCCCN2C(=O)c3ccccc3C2=O)nnc1-c1ccncc1. The Hall–Kier alpha value is -3.26. The minimum absolute atomic E-state index is 0.217. The van der Waals surface area contributed by atoms with E-state index in [9.17, 15) is 9.59 Å². The number of thioether (sulfide) groups is 1. The number of benzene rings is 1. The van der Waals surface area contributed by atoms with Crippen molar-refractivity contribution in [1.29, 1.82) is 0 Å². The fraction of sp³-hybridized carbons (Fsp3) is 0.190. The van der Waals surface area contributed by atoms with Crippen LogP contribution in [0.5, 0.6) is 0 Å². The number of carbonyl (C=O) groups is 2. The van der Waals surface area contributed by atoms with E-state index in [0.29, 0.717) is 36.4 Å². The molecule has 4 rings (SSSR count). The molecule has 1 aliphatic rings. The van der Waals surface area contributed by atoms with Gasteiger partial charge >= 0.3 is 0 Å². The average Bonchev–Trinajstić information content (AvgIpc) is 3.26. The van der Waals surface area contributed by atoms with E-state index in [2.05, 4.69) is 21.8 Å². The number of nitrogens with zero attached hydrogens (tertiary/aromatic N) is 5. The maximum Gasteiger partial charge on any atom is 0.261 e. The molecule has 29 heavy (non-hydrogen) atoms. The Morgan fingerprint density at radius 1 is 1.00 bits per heavy atom. The molecule has 1 aromatic carbocycles. The van der Waals surface area contributed by atoms with Gasteiger partial charge in [-0.3, -0.25) is 24.0 Å². The Bertz CT molecular complexity index is 1030. The maximum absolute atomic E-state index is 12.4. The second-order valence-corrected chi connectivity index (χ2v) is 7.51. The van der Waals surface area contributed by atoms with Crippen LogP contribution in [0.4, 0.5) is 0 Å². The number of aromatic nitrogens is 4. The van der Waals surface area contributed by atoms with Crippen molar-refractivity contribution < 1.29 is 9.59 Å². The van der Waals surface area contributed by atoms with Gasteiger partial charge in [0.25, 0.3) is 11.8 Å². The number of hydrogen-bond acceptors (Lipinski definition) is 6. The first-order chi connectivity index (χ1) is 14.2. The highest BCUT2D eigenvalue weighted by Crippen LogP contribution is 2.26. The Morgan fingerprint density at radius 2 is 1.69 bits per heavy atom. The van der Waals surface area contributed by atoms with Crippen molar-refractivity contribution >= 4 is 23.6 Å². The van der Waals surface area contributed by atoms with Crippen molar-refractivity contribution in [3.8, 4) is 11.4 Å². The van der Waals surface area contributed by atoms with Crippen LogP contribution >= 0.6 is 11.8 Å². The van der Waals surface area contributed by atoms with Crippen molar-refractivity contribution in [1.82, 2.24) is 24.6 Å². The summed E-state index contributed by atoms with van der Waals surface area (Å²) in [6.07, 6.45) is 5.91. The van der Waals surface area contributed by atoms with Crippen LogP contribution in [-0.2, 0) is 6.54 Å². The lowest BCUT2D eigenvalue weighted by Crippen LogP contribution is -2.31.